The third-order valence-electron chi connectivity index (χ3n) is 4.86. The number of benzene rings is 2. The van der Waals surface area contributed by atoms with E-state index in [1.807, 2.05) is 35.3 Å². The van der Waals surface area contributed by atoms with E-state index in [-0.39, 0.29) is 11.9 Å². The van der Waals surface area contributed by atoms with Crippen molar-refractivity contribution in [3.8, 4) is 11.5 Å². The van der Waals surface area contributed by atoms with Crippen LogP contribution in [0.5, 0.6) is 11.5 Å². The molecule has 3 aromatic rings. The van der Waals surface area contributed by atoms with Crippen molar-refractivity contribution in [3.05, 3.63) is 88.0 Å². The van der Waals surface area contributed by atoms with Crippen LogP contribution >= 0.6 is 15.9 Å². The zero-order chi connectivity index (χ0) is 19.3. The van der Waals surface area contributed by atoms with Crippen molar-refractivity contribution < 1.29 is 18.3 Å². The summed E-state index contributed by atoms with van der Waals surface area (Å²) < 4.78 is 32.2. The van der Waals surface area contributed by atoms with E-state index < -0.39 is 6.23 Å². The zero-order valence-electron chi connectivity index (χ0n) is 14.9. The van der Waals surface area contributed by atoms with Crippen LogP contribution in [0.3, 0.4) is 0 Å². The predicted octanol–water partition coefficient (Wildman–Crippen LogP) is 5.18. The van der Waals surface area contributed by atoms with Crippen LogP contribution in [0.1, 0.15) is 29.2 Å². The summed E-state index contributed by atoms with van der Waals surface area (Å²) in [5, 5.41) is 1.95. The number of halogens is 2. The van der Waals surface area contributed by atoms with Crippen molar-refractivity contribution in [1.82, 2.24) is 10.4 Å². The Kier molecular flexibility index (Phi) is 4.14. The fourth-order valence-corrected chi connectivity index (χ4v) is 4.10. The Morgan fingerprint density at radius 3 is 2.82 bits per heavy atom. The van der Waals surface area contributed by atoms with Crippen LogP contribution in [0.2, 0.25) is 0 Å². The number of methoxy groups -OCH3 is 1. The van der Waals surface area contributed by atoms with E-state index in [0.29, 0.717) is 17.1 Å². The molecule has 5 rings (SSSR count). The molecule has 0 radical (unpaired) electrons. The molecule has 3 heterocycles. The lowest BCUT2D eigenvalue weighted by Gasteiger charge is -2.39. The normalized spacial score (nSPS) is 20.6. The number of nitrogens with zero attached hydrogens (tertiary/aromatic N) is 1. The van der Waals surface area contributed by atoms with E-state index in [1.165, 1.54) is 12.1 Å². The molecule has 142 valence electrons. The molecule has 2 unspecified atom stereocenters. The molecule has 2 aromatic carbocycles. The first-order chi connectivity index (χ1) is 13.6. The minimum Gasteiger partial charge on any atom is -0.493 e. The highest BCUT2D eigenvalue weighted by molar-refractivity contribution is 9.10. The van der Waals surface area contributed by atoms with Crippen LogP contribution in [0.25, 0.3) is 5.70 Å². The molecule has 0 amide bonds. The van der Waals surface area contributed by atoms with Crippen LogP contribution in [0.15, 0.2) is 69.8 Å². The lowest BCUT2D eigenvalue weighted by Crippen LogP contribution is -2.43. The molecule has 28 heavy (non-hydrogen) atoms. The first kappa shape index (κ1) is 17.3. The maximum absolute atomic E-state index is 13.9. The Morgan fingerprint density at radius 2 is 2.07 bits per heavy atom. The monoisotopic (exact) mass is 442 g/mol. The standard InChI is InChI=1S/C21H16BrFN2O3/c1-26-19-10-13(22)9-15-17-11-16(18-6-3-7-27-18)24-25(17)21(28-20(15)19)12-4-2-5-14(23)8-12/h2-11,17,21,24H,1H3. The summed E-state index contributed by atoms with van der Waals surface area (Å²) in [6.07, 6.45) is 3.15. The Balaban J connectivity index is 1.66. The van der Waals surface area contributed by atoms with Gasteiger partial charge in [0.1, 0.15) is 5.82 Å². The number of fused-ring (bicyclic) bond motifs is 3. The number of hydrazine groups is 1. The highest BCUT2D eigenvalue weighted by Crippen LogP contribution is 2.50. The van der Waals surface area contributed by atoms with E-state index in [1.54, 1.807) is 19.4 Å². The maximum atomic E-state index is 13.9. The molecule has 0 saturated heterocycles. The number of hydrogen-bond acceptors (Lipinski definition) is 5. The van der Waals surface area contributed by atoms with Crippen LogP contribution < -0.4 is 14.9 Å². The van der Waals surface area contributed by atoms with Crippen molar-refractivity contribution >= 4 is 21.6 Å². The molecule has 2 aliphatic heterocycles. The SMILES string of the molecule is COc1cc(Br)cc2c1OC(c1cccc(F)c1)N1NC(c3ccco3)=CC21. The van der Waals surface area contributed by atoms with Gasteiger partial charge in [-0.05, 0) is 42.5 Å². The van der Waals surface area contributed by atoms with E-state index in [4.69, 9.17) is 13.9 Å². The summed E-state index contributed by atoms with van der Waals surface area (Å²) in [6, 6.07) is 13.8. The van der Waals surface area contributed by atoms with Gasteiger partial charge in [0.15, 0.2) is 23.5 Å². The fourth-order valence-electron chi connectivity index (χ4n) is 3.64. The largest absolute Gasteiger partial charge is 0.493 e. The highest BCUT2D eigenvalue weighted by atomic mass is 79.9. The summed E-state index contributed by atoms with van der Waals surface area (Å²) in [7, 11) is 1.60. The lowest BCUT2D eigenvalue weighted by molar-refractivity contribution is -0.0346. The molecule has 0 saturated carbocycles. The van der Waals surface area contributed by atoms with Gasteiger partial charge in [-0.1, -0.05) is 28.1 Å². The van der Waals surface area contributed by atoms with Gasteiger partial charge < -0.3 is 19.3 Å². The summed E-state index contributed by atoms with van der Waals surface area (Å²) in [6.45, 7) is 0. The predicted molar refractivity (Wildman–Crippen MR) is 105 cm³/mol. The highest BCUT2D eigenvalue weighted by Gasteiger charge is 2.42. The number of ether oxygens (including phenoxy) is 2. The van der Waals surface area contributed by atoms with Gasteiger partial charge in [0, 0.05) is 15.6 Å². The molecule has 0 bridgehead atoms. The zero-order valence-corrected chi connectivity index (χ0v) is 16.4. The third kappa shape index (κ3) is 2.78. The number of furan rings is 1. The van der Waals surface area contributed by atoms with Gasteiger partial charge in [-0.3, -0.25) is 0 Å². The van der Waals surface area contributed by atoms with Crippen LogP contribution in [-0.2, 0) is 0 Å². The average Bonchev–Trinajstić information content (AvgIpc) is 3.36. The first-order valence-corrected chi connectivity index (χ1v) is 9.53. The van der Waals surface area contributed by atoms with Gasteiger partial charge >= 0.3 is 0 Å². The molecule has 0 aliphatic carbocycles. The van der Waals surface area contributed by atoms with Gasteiger partial charge in [0.25, 0.3) is 0 Å². The first-order valence-electron chi connectivity index (χ1n) is 8.74. The van der Waals surface area contributed by atoms with Crippen LogP contribution in [0.4, 0.5) is 4.39 Å². The number of hydrogen-bond donors (Lipinski definition) is 1. The second kappa shape index (κ2) is 6.68. The van der Waals surface area contributed by atoms with Crippen molar-refractivity contribution in [2.75, 3.05) is 7.11 Å². The minimum atomic E-state index is -0.549. The summed E-state index contributed by atoms with van der Waals surface area (Å²) >= 11 is 3.54. The maximum Gasteiger partial charge on any atom is 0.196 e. The van der Waals surface area contributed by atoms with Crippen LogP contribution in [-0.4, -0.2) is 12.1 Å². The van der Waals surface area contributed by atoms with Gasteiger partial charge in [0.05, 0.1) is 25.1 Å². The molecule has 0 spiro atoms. The molecule has 0 fully saturated rings. The fraction of sp³-hybridized carbons (Fsp3) is 0.143. The second-order valence-corrected chi connectivity index (χ2v) is 7.49. The molecule has 1 aromatic heterocycles. The molecular weight excluding hydrogens is 427 g/mol. The van der Waals surface area contributed by atoms with Crippen molar-refractivity contribution in [2.24, 2.45) is 0 Å². The van der Waals surface area contributed by atoms with Gasteiger partial charge in [0.2, 0.25) is 0 Å². The van der Waals surface area contributed by atoms with E-state index >= 15 is 0 Å². The molecule has 7 heteroatoms. The summed E-state index contributed by atoms with van der Waals surface area (Å²) in [5.41, 5.74) is 5.82. The minimum absolute atomic E-state index is 0.150. The van der Waals surface area contributed by atoms with Gasteiger partial charge in [-0.25, -0.2) is 4.39 Å². The molecule has 1 N–H and O–H groups in total. The Labute approximate surface area is 169 Å². The number of nitrogens with one attached hydrogen (secondary N) is 1. The van der Waals surface area contributed by atoms with Gasteiger partial charge in [-0.15, -0.1) is 0 Å². The topological polar surface area (TPSA) is 46.9 Å². The van der Waals surface area contributed by atoms with Crippen molar-refractivity contribution in [3.63, 3.8) is 0 Å². The summed E-state index contributed by atoms with van der Waals surface area (Å²) in [5.74, 6) is 1.66. The quantitative estimate of drug-likeness (QED) is 0.605. The van der Waals surface area contributed by atoms with Gasteiger partial charge in [-0.2, -0.15) is 5.01 Å². The Hall–Kier alpha value is -2.77. The lowest BCUT2D eigenvalue weighted by atomic mass is 10.0. The van der Waals surface area contributed by atoms with Crippen molar-refractivity contribution in [1.29, 1.82) is 0 Å². The Bertz CT molecular complexity index is 1070. The van der Waals surface area contributed by atoms with Crippen molar-refractivity contribution in [2.45, 2.75) is 12.3 Å². The smallest absolute Gasteiger partial charge is 0.196 e. The van der Waals surface area contributed by atoms with Crippen LogP contribution in [0, 0.1) is 5.82 Å². The average molecular weight is 443 g/mol. The molecule has 2 atom stereocenters. The molecule has 2 aliphatic rings. The third-order valence-corrected chi connectivity index (χ3v) is 5.32. The summed E-state index contributed by atoms with van der Waals surface area (Å²) in [4.78, 5) is 0. The molecule has 5 nitrogen and oxygen atoms in total. The number of rotatable bonds is 3. The van der Waals surface area contributed by atoms with E-state index in [9.17, 15) is 4.39 Å². The Morgan fingerprint density at radius 1 is 1.18 bits per heavy atom. The van der Waals surface area contributed by atoms with E-state index in [2.05, 4.69) is 27.4 Å². The van der Waals surface area contributed by atoms with E-state index in [0.717, 1.165) is 21.5 Å². The second-order valence-electron chi connectivity index (χ2n) is 6.57. The molecular formula is C21H16BrFN2O3.